The highest BCUT2D eigenvalue weighted by molar-refractivity contribution is 6.15. The number of nitrogens with one attached hydrogen (secondary N) is 1. The van der Waals surface area contributed by atoms with Crippen LogP contribution in [0.25, 0.3) is 32.8 Å². The number of hydrogen-bond acceptors (Lipinski definition) is 4. The van der Waals surface area contributed by atoms with Crippen LogP contribution >= 0.6 is 0 Å². The first-order valence-corrected chi connectivity index (χ1v) is 9.61. The van der Waals surface area contributed by atoms with Gasteiger partial charge in [-0.1, -0.05) is 42.0 Å². The average molecular weight is 380 g/mol. The summed E-state index contributed by atoms with van der Waals surface area (Å²) in [6, 6.07) is 20.0. The first kappa shape index (κ1) is 17.4. The third kappa shape index (κ3) is 2.85. The number of rotatable bonds is 2. The highest BCUT2D eigenvalue weighted by atomic mass is 16.4. The summed E-state index contributed by atoms with van der Waals surface area (Å²) in [5.74, 6) is 0. The number of anilines is 2. The van der Waals surface area contributed by atoms with E-state index < -0.39 is 0 Å². The van der Waals surface area contributed by atoms with Crippen LogP contribution in [-0.2, 0) is 0 Å². The molecule has 0 fully saturated rings. The van der Waals surface area contributed by atoms with E-state index in [4.69, 9.17) is 9.40 Å². The molecule has 2 heterocycles. The number of aryl methyl sites for hydroxylation is 3. The summed E-state index contributed by atoms with van der Waals surface area (Å²) < 4.78 is 5.77. The van der Waals surface area contributed by atoms with Crippen LogP contribution in [0.4, 0.5) is 11.4 Å². The maximum atomic E-state index is 13.1. The largest absolute Gasteiger partial charge is 0.422 e. The average Bonchev–Trinajstić information content (AvgIpc) is 2.70. The predicted molar refractivity (Wildman–Crippen MR) is 119 cm³/mol. The lowest BCUT2D eigenvalue weighted by molar-refractivity contribution is 0.567. The van der Waals surface area contributed by atoms with Crippen molar-refractivity contribution in [1.29, 1.82) is 0 Å². The molecule has 0 radical (unpaired) electrons. The number of pyridine rings is 1. The van der Waals surface area contributed by atoms with Crippen LogP contribution in [0.3, 0.4) is 0 Å². The minimum atomic E-state index is -0.382. The first-order chi connectivity index (χ1) is 14.0. The molecule has 0 aliphatic heterocycles. The Balaban J connectivity index is 1.94. The molecule has 0 bridgehead atoms. The smallest absolute Gasteiger partial charge is 0.347 e. The molecule has 4 nitrogen and oxygen atoms in total. The van der Waals surface area contributed by atoms with Crippen molar-refractivity contribution in [1.82, 2.24) is 4.98 Å². The molecular formula is C25H20N2O2. The van der Waals surface area contributed by atoms with Crippen molar-refractivity contribution in [2.45, 2.75) is 20.8 Å². The van der Waals surface area contributed by atoms with Gasteiger partial charge >= 0.3 is 5.63 Å². The lowest BCUT2D eigenvalue weighted by atomic mass is 10.0. The Hall–Kier alpha value is -3.66. The van der Waals surface area contributed by atoms with Gasteiger partial charge in [0.05, 0.1) is 16.7 Å². The maximum Gasteiger partial charge on any atom is 0.347 e. The normalized spacial score (nSPS) is 11.4. The Morgan fingerprint density at radius 2 is 1.62 bits per heavy atom. The zero-order chi connectivity index (χ0) is 20.1. The molecule has 29 heavy (non-hydrogen) atoms. The van der Waals surface area contributed by atoms with Crippen molar-refractivity contribution in [2.24, 2.45) is 0 Å². The second kappa shape index (κ2) is 6.45. The number of nitrogens with zero attached hydrogens (tertiary/aromatic N) is 1. The zero-order valence-electron chi connectivity index (χ0n) is 16.5. The summed E-state index contributed by atoms with van der Waals surface area (Å²) in [5, 5.41) is 5.67. The van der Waals surface area contributed by atoms with E-state index in [0.29, 0.717) is 16.5 Å². The van der Waals surface area contributed by atoms with Gasteiger partial charge < -0.3 is 9.73 Å². The maximum absolute atomic E-state index is 13.1. The Labute approximate surface area is 167 Å². The Morgan fingerprint density at radius 3 is 2.41 bits per heavy atom. The van der Waals surface area contributed by atoms with Crippen molar-refractivity contribution in [3.8, 4) is 0 Å². The molecule has 0 saturated carbocycles. The fourth-order valence-electron chi connectivity index (χ4n) is 3.93. The van der Waals surface area contributed by atoms with Crippen molar-refractivity contribution in [3.05, 3.63) is 87.8 Å². The van der Waals surface area contributed by atoms with Crippen LogP contribution in [0, 0.1) is 20.8 Å². The Kier molecular flexibility index (Phi) is 3.88. The van der Waals surface area contributed by atoms with Gasteiger partial charge in [-0.05, 0) is 56.2 Å². The molecule has 0 spiro atoms. The molecule has 5 rings (SSSR count). The topological polar surface area (TPSA) is 55.1 Å². The molecule has 0 aliphatic carbocycles. The number of benzene rings is 3. The monoisotopic (exact) mass is 380 g/mol. The molecule has 0 atom stereocenters. The molecule has 3 aromatic carbocycles. The minimum absolute atomic E-state index is 0.382. The summed E-state index contributed by atoms with van der Waals surface area (Å²) >= 11 is 0. The third-order valence-corrected chi connectivity index (χ3v) is 5.29. The van der Waals surface area contributed by atoms with E-state index in [2.05, 4.69) is 5.32 Å². The molecule has 0 aliphatic rings. The third-order valence-electron chi connectivity index (χ3n) is 5.29. The van der Waals surface area contributed by atoms with E-state index in [9.17, 15) is 4.79 Å². The summed E-state index contributed by atoms with van der Waals surface area (Å²) in [5.41, 5.74) is 6.56. The lowest BCUT2D eigenvalue weighted by Crippen LogP contribution is -2.07. The molecule has 4 heteroatoms. The highest BCUT2D eigenvalue weighted by Crippen LogP contribution is 2.35. The zero-order valence-corrected chi connectivity index (χ0v) is 16.5. The van der Waals surface area contributed by atoms with Crippen molar-refractivity contribution in [2.75, 3.05) is 5.32 Å². The van der Waals surface area contributed by atoms with Crippen LogP contribution < -0.4 is 10.9 Å². The highest BCUT2D eigenvalue weighted by Gasteiger charge is 2.18. The van der Waals surface area contributed by atoms with Crippen molar-refractivity contribution in [3.63, 3.8) is 0 Å². The first-order valence-electron chi connectivity index (χ1n) is 9.61. The fraction of sp³-hybridized carbons (Fsp3) is 0.120. The summed E-state index contributed by atoms with van der Waals surface area (Å²) in [4.78, 5) is 18.0. The summed E-state index contributed by atoms with van der Waals surface area (Å²) in [6.45, 7) is 6.04. The van der Waals surface area contributed by atoms with Crippen LogP contribution in [-0.4, -0.2) is 4.98 Å². The second-order valence-electron chi connectivity index (χ2n) is 7.57. The lowest BCUT2D eigenvalue weighted by Gasteiger charge is -2.14. The Bertz CT molecular complexity index is 1460. The van der Waals surface area contributed by atoms with Gasteiger partial charge in [0, 0.05) is 16.5 Å². The fourth-order valence-corrected chi connectivity index (χ4v) is 3.93. The van der Waals surface area contributed by atoms with E-state index in [1.807, 2.05) is 81.4 Å². The molecule has 0 amide bonds. The van der Waals surface area contributed by atoms with Crippen LogP contribution in [0.5, 0.6) is 0 Å². The van der Waals surface area contributed by atoms with Crippen LogP contribution in [0.2, 0.25) is 0 Å². The van der Waals surface area contributed by atoms with E-state index >= 15 is 0 Å². The minimum Gasteiger partial charge on any atom is -0.422 e. The van der Waals surface area contributed by atoms with Gasteiger partial charge in [0.15, 0.2) is 0 Å². The summed E-state index contributed by atoms with van der Waals surface area (Å²) in [7, 11) is 0. The molecule has 142 valence electrons. The molecule has 0 saturated heterocycles. The van der Waals surface area contributed by atoms with Gasteiger partial charge in [-0.15, -0.1) is 0 Å². The van der Waals surface area contributed by atoms with Gasteiger partial charge in [-0.25, -0.2) is 9.78 Å². The van der Waals surface area contributed by atoms with E-state index in [-0.39, 0.29) is 5.63 Å². The number of hydrogen-bond donors (Lipinski definition) is 1. The van der Waals surface area contributed by atoms with Crippen LogP contribution in [0.1, 0.15) is 16.7 Å². The van der Waals surface area contributed by atoms with Gasteiger partial charge in [0.2, 0.25) is 0 Å². The number of fused-ring (bicyclic) bond motifs is 4. The molecular weight excluding hydrogens is 360 g/mol. The van der Waals surface area contributed by atoms with Gasteiger partial charge in [-0.2, -0.15) is 0 Å². The van der Waals surface area contributed by atoms with E-state index in [1.165, 1.54) is 5.56 Å². The quantitative estimate of drug-likeness (QED) is 0.226. The number of aromatic nitrogens is 1. The predicted octanol–water partition coefficient (Wildman–Crippen LogP) is 6.16. The molecule has 1 N–H and O–H groups in total. The van der Waals surface area contributed by atoms with Gasteiger partial charge in [0.1, 0.15) is 11.0 Å². The molecule has 0 unspecified atom stereocenters. The van der Waals surface area contributed by atoms with Crippen LogP contribution in [0.15, 0.2) is 69.9 Å². The summed E-state index contributed by atoms with van der Waals surface area (Å²) in [6.07, 6.45) is 0. The van der Waals surface area contributed by atoms with Crippen molar-refractivity contribution < 1.29 is 4.42 Å². The molecule has 5 aromatic rings. The SMILES string of the molecule is Cc1ccc(Nc2c3ccccc3nc3c2c(=O)oc2c(C)cc(C)cc23)cc1. The van der Waals surface area contributed by atoms with Gasteiger partial charge in [-0.3, -0.25) is 0 Å². The number of para-hydroxylation sites is 1. The van der Waals surface area contributed by atoms with E-state index in [0.717, 1.165) is 38.8 Å². The molecule has 2 aromatic heterocycles. The van der Waals surface area contributed by atoms with Gasteiger partial charge in [0.25, 0.3) is 0 Å². The van der Waals surface area contributed by atoms with E-state index in [1.54, 1.807) is 0 Å². The Morgan fingerprint density at radius 1 is 0.862 bits per heavy atom. The standard InChI is InChI=1S/C25H20N2O2/c1-14-8-10-17(11-9-14)26-22-18-6-4-5-7-20(18)27-23-19-13-15(2)12-16(3)24(19)29-25(28)21(22)23/h4-13H,1-3H3,(H,26,27). The second-order valence-corrected chi connectivity index (χ2v) is 7.57. The van der Waals surface area contributed by atoms with Crippen molar-refractivity contribution >= 4 is 44.1 Å².